The highest BCUT2D eigenvalue weighted by molar-refractivity contribution is 6.78. The predicted octanol–water partition coefficient (Wildman–Crippen LogP) is 1.99. The van der Waals surface area contributed by atoms with Crippen LogP contribution < -0.4 is 0 Å². The van der Waals surface area contributed by atoms with E-state index in [1.165, 1.54) is 7.11 Å². The molecule has 0 aromatic heterocycles. The highest BCUT2D eigenvalue weighted by Crippen LogP contribution is 2.59. The number of carboxylic acids is 1. The van der Waals surface area contributed by atoms with Crippen molar-refractivity contribution in [1.82, 2.24) is 4.90 Å². The van der Waals surface area contributed by atoms with Crippen LogP contribution in [0.5, 0.6) is 0 Å². The van der Waals surface area contributed by atoms with E-state index in [0.29, 0.717) is 13.0 Å². The van der Waals surface area contributed by atoms with Gasteiger partial charge in [0.1, 0.15) is 6.04 Å². The van der Waals surface area contributed by atoms with E-state index in [1.807, 2.05) is 6.08 Å². The second-order valence-electron chi connectivity index (χ2n) is 8.53. The minimum atomic E-state index is -1.64. The van der Waals surface area contributed by atoms with E-state index in [9.17, 15) is 19.5 Å². The van der Waals surface area contributed by atoms with Gasteiger partial charge in [-0.25, -0.2) is 4.79 Å². The Morgan fingerprint density at radius 2 is 1.72 bits per heavy atom. The van der Waals surface area contributed by atoms with Crippen molar-refractivity contribution < 1.29 is 24.2 Å². The van der Waals surface area contributed by atoms with Crippen LogP contribution in [-0.4, -0.2) is 55.6 Å². The predicted molar refractivity (Wildman–Crippen MR) is 94.6 cm³/mol. The van der Waals surface area contributed by atoms with Crippen LogP contribution in [0, 0.1) is 23.7 Å². The first-order valence-corrected chi connectivity index (χ1v) is 12.6. The highest BCUT2D eigenvalue weighted by atomic mass is 28.3. The molecular weight excluding hydrogens is 338 g/mol. The SMILES string of the molecule is COC(=O)[C@@H]1CCCN1C(=O)[C@@H]1[C@@H]2C=C[C@H]([C@@H]1C(=O)O)[C@@H]2[Si](C)(C)C. The Hall–Kier alpha value is -1.63. The Bertz CT molecular complexity index is 625. The van der Waals surface area contributed by atoms with Crippen LogP contribution in [0.15, 0.2) is 12.2 Å². The lowest BCUT2D eigenvalue weighted by Gasteiger charge is -2.32. The highest BCUT2D eigenvalue weighted by Gasteiger charge is 2.61. The van der Waals surface area contributed by atoms with Crippen molar-refractivity contribution >= 4 is 25.9 Å². The van der Waals surface area contributed by atoms with Gasteiger partial charge in [0, 0.05) is 14.6 Å². The molecule has 1 amide bonds. The van der Waals surface area contributed by atoms with Crippen molar-refractivity contribution in [1.29, 1.82) is 0 Å². The molecule has 6 atom stereocenters. The molecule has 2 aliphatic carbocycles. The molecule has 1 saturated heterocycles. The van der Waals surface area contributed by atoms with E-state index >= 15 is 0 Å². The molecule has 2 fully saturated rings. The number of carboxylic acid groups (broad SMARTS) is 1. The lowest BCUT2D eigenvalue weighted by atomic mass is 9.82. The number of ether oxygens (including phenoxy) is 1. The number of rotatable bonds is 4. The molecule has 1 saturated carbocycles. The molecule has 25 heavy (non-hydrogen) atoms. The van der Waals surface area contributed by atoms with Crippen LogP contribution in [-0.2, 0) is 19.1 Å². The van der Waals surface area contributed by atoms with Gasteiger partial charge < -0.3 is 14.7 Å². The van der Waals surface area contributed by atoms with E-state index < -0.39 is 37.9 Å². The monoisotopic (exact) mass is 365 g/mol. The number of amides is 1. The van der Waals surface area contributed by atoms with E-state index in [4.69, 9.17) is 4.74 Å². The molecule has 3 aliphatic rings. The summed E-state index contributed by atoms with van der Waals surface area (Å²) in [6, 6.07) is -0.569. The number of nitrogens with zero attached hydrogens (tertiary/aromatic N) is 1. The van der Waals surface area contributed by atoms with E-state index in [-0.39, 0.29) is 23.3 Å². The quantitative estimate of drug-likeness (QED) is 0.468. The minimum Gasteiger partial charge on any atom is -0.481 e. The van der Waals surface area contributed by atoms with Gasteiger partial charge in [-0.05, 0) is 30.2 Å². The van der Waals surface area contributed by atoms with Gasteiger partial charge in [-0.3, -0.25) is 9.59 Å². The smallest absolute Gasteiger partial charge is 0.328 e. The van der Waals surface area contributed by atoms with Crippen molar-refractivity contribution in [2.75, 3.05) is 13.7 Å². The molecule has 3 rings (SSSR count). The van der Waals surface area contributed by atoms with Crippen LogP contribution in [0.25, 0.3) is 0 Å². The number of carbonyl (C=O) groups excluding carboxylic acids is 2. The molecule has 1 aliphatic heterocycles. The zero-order chi connectivity index (χ0) is 18.5. The fourth-order valence-electron chi connectivity index (χ4n) is 5.31. The summed E-state index contributed by atoms with van der Waals surface area (Å²) in [5, 5.41) is 9.82. The number of hydrogen-bond donors (Lipinski definition) is 1. The van der Waals surface area contributed by atoms with Crippen molar-refractivity contribution in [2.24, 2.45) is 23.7 Å². The molecule has 0 aromatic carbocycles. The summed E-state index contributed by atoms with van der Waals surface area (Å²) in [5.41, 5.74) is 0.265. The van der Waals surface area contributed by atoms with Gasteiger partial charge in [-0.2, -0.15) is 0 Å². The average molecular weight is 366 g/mol. The lowest BCUT2D eigenvalue weighted by Crippen LogP contribution is -2.47. The molecule has 2 bridgehead atoms. The van der Waals surface area contributed by atoms with Crippen LogP contribution in [0.4, 0.5) is 0 Å². The molecule has 0 aromatic rings. The summed E-state index contributed by atoms with van der Waals surface area (Å²) in [7, 11) is -0.312. The number of hydrogen-bond acceptors (Lipinski definition) is 4. The third-order valence-electron chi connectivity index (χ3n) is 6.18. The number of likely N-dealkylation sites (tertiary alicyclic amines) is 1. The lowest BCUT2D eigenvalue weighted by molar-refractivity contribution is -0.156. The Morgan fingerprint density at radius 1 is 1.12 bits per heavy atom. The van der Waals surface area contributed by atoms with Gasteiger partial charge in [-0.1, -0.05) is 31.8 Å². The van der Waals surface area contributed by atoms with Gasteiger partial charge in [0.2, 0.25) is 5.91 Å². The van der Waals surface area contributed by atoms with E-state index in [1.54, 1.807) is 4.90 Å². The number of esters is 1. The van der Waals surface area contributed by atoms with Crippen molar-refractivity contribution in [3.05, 3.63) is 12.2 Å². The van der Waals surface area contributed by atoms with Crippen molar-refractivity contribution in [2.45, 2.75) is 44.1 Å². The maximum absolute atomic E-state index is 13.3. The Kier molecular flexibility index (Phi) is 4.55. The number of allylic oxidation sites excluding steroid dienone is 2. The van der Waals surface area contributed by atoms with Crippen LogP contribution in [0.3, 0.4) is 0 Å². The molecule has 0 unspecified atom stereocenters. The maximum atomic E-state index is 13.3. The van der Waals surface area contributed by atoms with Gasteiger partial charge in [0.05, 0.1) is 18.9 Å². The fourth-order valence-corrected chi connectivity index (χ4v) is 8.26. The molecule has 0 spiro atoms. The van der Waals surface area contributed by atoms with Gasteiger partial charge in [-0.15, -0.1) is 0 Å². The molecule has 138 valence electrons. The number of carbonyl (C=O) groups is 3. The summed E-state index contributed by atoms with van der Waals surface area (Å²) in [6.07, 6.45) is 5.40. The van der Waals surface area contributed by atoms with Gasteiger partial charge in [0.25, 0.3) is 0 Å². The van der Waals surface area contributed by atoms with Gasteiger partial charge in [0.15, 0.2) is 0 Å². The topological polar surface area (TPSA) is 83.9 Å². The Labute approximate surface area is 149 Å². The third-order valence-corrected chi connectivity index (χ3v) is 8.95. The third kappa shape index (κ3) is 2.82. The second-order valence-corrected chi connectivity index (χ2v) is 13.9. The molecular formula is C18H27NO5Si. The Balaban J connectivity index is 1.92. The molecule has 0 radical (unpaired) electrons. The number of aliphatic carboxylic acids is 1. The zero-order valence-corrected chi connectivity index (χ0v) is 16.3. The standard InChI is InChI=1S/C18H27NO5Si/c1-24-18(23)12-6-5-9-19(12)16(20)13-10-7-8-11(14(13)17(21)22)15(10)25(2,3)4/h7-8,10-15H,5-6,9H2,1-4H3,(H,21,22)/t10-,11+,12-,13+,14-,15+/m0/s1. The minimum absolute atomic E-state index is 0.0239. The Morgan fingerprint density at radius 3 is 2.24 bits per heavy atom. The second kappa shape index (κ2) is 6.27. The summed E-state index contributed by atoms with van der Waals surface area (Å²) in [6.45, 7) is 7.22. The average Bonchev–Trinajstić information content (AvgIpc) is 3.24. The van der Waals surface area contributed by atoms with Gasteiger partial charge >= 0.3 is 11.9 Å². The maximum Gasteiger partial charge on any atom is 0.328 e. The van der Waals surface area contributed by atoms with Crippen molar-refractivity contribution in [3.63, 3.8) is 0 Å². The summed E-state index contributed by atoms with van der Waals surface area (Å²) >= 11 is 0. The first kappa shape index (κ1) is 18.2. The van der Waals surface area contributed by atoms with E-state index in [2.05, 4.69) is 25.7 Å². The first-order valence-electron chi connectivity index (χ1n) is 8.98. The van der Waals surface area contributed by atoms with Crippen LogP contribution in [0.2, 0.25) is 25.2 Å². The summed E-state index contributed by atoms with van der Waals surface area (Å²) < 4.78 is 4.83. The van der Waals surface area contributed by atoms with Crippen LogP contribution >= 0.6 is 0 Å². The molecule has 6 nitrogen and oxygen atoms in total. The number of methoxy groups -OCH3 is 1. The zero-order valence-electron chi connectivity index (χ0n) is 15.3. The normalized spacial score (nSPS) is 36.7. The molecule has 1 N–H and O–H groups in total. The van der Waals surface area contributed by atoms with Crippen LogP contribution in [0.1, 0.15) is 12.8 Å². The summed E-state index contributed by atoms with van der Waals surface area (Å²) in [4.78, 5) is 38.9. The largest absolute Gasteiger partial charge is 0.481 e. The molecule has 7 heteroatoms. The van der Waals surface area contributed by atoms with E-state index in [0.717, 1.165) is 6.42 Å². The fraction of sp³-hybridized carbons (Fsp3) is 0.722. The van der Waals surface area contributed by atoms with Crippen molar-refractivity contribution in [3.8, 4) is 0 Å². The first-order chi connectivity index (χ1) is 11.7. The number of fused-ring (bicyclic) bond motifs is 2. The summed E-state index contributed by atoms with van der Waals surface area (Å²) in [5.74, 6) is -2.81. The molecule has 1 heterocycles.